The Morgan fingerprint density at radius 3 is 2.67 bits per heavy atom. The van der Waals surface area contributed by atoms with E-state index in [1.165, 1.54) is 23.6 Å². The Balaban J connectivity index is 1.42. The van der Waals surface area contributed by atoms with Crippen molar-refractivity contribution in [3.8, 4) is 5.75 Å². The van der Waals surface area contributed by atoms with Gasteiger partial charge in [-0.3, -0.25) is 5.14 Å². The Hall–Kier alpha value is -2.26. The smallest absolute Gasteiger partial charge is 0.335 e. The standard InChI is InChI=1S/C34H44ClFN2O4S/c1-5-6-21-13-27(35)15-29(36)32(21)26-17-38(30-14-22(34(39)40)8-10-31(30)42-18-26)16-23-7-9-28(23)33(41-4)25-11-24(12-25)19(2)20(3)43-37/h8,10-11,13-15,19-20,23-24,26,28,33H,5-7,9,12,16-18,37H2,1-4H3,(H,39,40). The van der Waals surface area contributed by atoms with Gasteiger partial charge in [0.15, 0.2) is 0 Å². The molecule has 234 valence electrons. The molecule has 0 radical (unpaired) electrons. The summed E-state index contributed by atoms with van der Waals surface area (Å²) >= 11 is 7.69. The number of aryl methyl sites for hydroxylation is 1. The summed E-state index contributed by atoms with van der Waals surface area (Å²) in [6.45, 7) is 8.06. The average molecular weight is 631 g/mol. The molecule has 6 nitrogen and oxygen atoms in total. The van der Waals surface area contributed by atoms with Crippen LogP contribution in [0.2, 0.25) is 5.02 Å². The largest absolute Gasteiger partial charge is 0.491 e. The molecule has 3 N–H and O–H groups in total. The Labute approximate surface area is 264 Å². The molecule has 2 aromatic carbocycles. The van der Waals surface area contributed by atoms with Crippen LogP contribution < -0.4 is 14.8 Å². The zero-order valence-corrected chi connectivity index (χ0v) is 27.1. The molecule has 1 saturated carbocycles. The van der Waals surface area contributed by atoms with E-state index in [2.05, 4.69) is 31.7 Å². The minimum Gasteiger partial charge on any atom is -0.491 e. The molecule has 0 saturated heterocycles. The van der Waals surface area contributed by atoms with Crippen LogP contribution in [-0.4, -0.2) is 49.2 Å². The van der Waals surface area contributed by atoms with Crippen molar-refractivity contribution in [2.75, 3.05) is 31.7 Å². The van der Waals surface area contributed by atoms with Crippen LogP contribution in [0.3, 0.4) is 0 Å². The van der Waals surface area contributed by atoms with Gasteiger partial charge in [0.2, 0.25) is 0 Å². The first kappa shape index (κ1) is 32.1. The number of methoxy groups -OCH3 is 1. The summed E-state index contributed by atoms with van der Waals surface area (Å²) in [6, 6.07) is 8.26. The fraction of sp³-hybridized carbons (Fsp3) is 0.559. The van der Waals surface area contributed by atoms with Gasteiger partial charge in [-0.25, -0.2) is 9.18 Å². The lowest BCUT2D eigenvalue weighted by molar-refractivity contribution is -0.000224. The number of nitrogens with two attached hydrogens (primary N) is 1. The number of carboxylic acids is 1. The highest BCUT2D eigenvalue weighted by atomic mass is 35.5. The van der Waals surface area contributed by atoms with E-state index in [9.17, 15) is 9.90 Å². The fourth-order valence-electron chi connectivity index (χ4n) is 7.18. The van der Waals surface area contributed by atoms with Crippen LogP contribution in [0.5, 0.6) is 5.75 Å². The number of carbonyl (C=O) groups is 1. The maximum atomic E-state index is 15.6. The van der Waals surface area contributed by atoms with Gasteiger partial charge in [-0.2, -0.15) is 0 Å². The molecule has 3 aliphatic rings. The predicted molar refractivity (Wildman–Crippen MR) is 173 cm³/mol. The fourth-order valence-corrected chi connectivity index (χ4v) is 7.86. The van der Waals surface area contributed by atoms with Crippen LogP contribution in [0.1, 0.15) is 73.9 Å². The van der Waals surface area contributed by atoms with Gasteiger partial charge >= 0.3 is 5.97 Å². The lowest BCUT2D eigenvalue weighted by atomic mass is 9.64. The van der Waals surface area contributed by atoms with Gasteiger partial charge in [-0.1, -0.05) is 56.8 Å². The van der Waals surface area contributed by atoms with Crippen molar-refractivity contribution < 1.29 is 23.8 Å². The van der Waals surface area contributed by atoms with Gasteiger partial charge in [-0.15, -0.1) is 0 Å². The first-order chi connectivity index (χ1) is 20.6. The molecule has 0 spiro atoms. The number of nitrogens with zero attached hydrogens (tertiary/aromatic N) is 1. The third kappa shape index (κ3) is 6.73. The first-order valence-electron chi connectivity index (χ1n) is 15.5. The van der Waals surface area contributed by atoms with Gasteiger partial charge in [0.05, 0.1) is 24.0 Å². The third-order valence-corrected chi connectivity index (χ3v) is 11.1. The molecule has 43 heavy (non-hydrogen) atoms. The van der Waals surface area contributed by atoms with Crippen LogP contribution in [0.25, 0.3) is 0 Å². The van der Waals surface area contributed by atoms with Crippen molar-refractivity contribution in [1.29, 1.82) is 0 Å². The number of fused-ring (bicyclic) bond motifs is 1. The number of benzene rings is 2. The number of carboxylic acid groups (broad SMARTS) is 1. The van der Waals surface area contributed by atoms with Crippen molar-refractivity contribution in [2.45, 2.75) is 70.1 Å². The molecule has 0 bridgehead atoms. The van der Waals surface area contributed by atoms with Crippen LogP contribution in [-0.2, 0) is 11.2 Å². The van der Waals surface area contributed by atoms with Crippen molar-refractivity contribution in [1.82, 2.24) is 0 Å². The number of hydrogen-bond donors (Lipinski definition) is 2. The molecule has 0 amide bonds. The Bertz CT molecular complexity index is 1360. The van der Waals surface area contributed by atoms with Gasteiger partial charge in [0.1, 0.15) is 11.6 Å². The molecular formula is C34H44ClFN2O4S. The highest BCUT2D eigenvalue weighted by Crippen LogP contribution is 2.48. The lowest BCUT2D eigenvalue weighted by Crippen LogP contribution is -2.46. The summed E-state index contributed by atoms with van der Waals surface area (Å²) in [5.74, 6) is 0.837. The Kier molecular flexibility index (Phi) is 10.3. The molecule has 9 heteroatoms. The van der Waals surface area contributed by atoms with E-state index in [1.54, 1.807) is 25.3 Å². The van der Waals surface area contributed by atoms with E-state index in [0.717, 1.165) is 43.4 Å². The number of hydrogen-bond acceptors (Lipinski definition) is 6. The molecule has 2 aliphatic carbocycles. The van der Waals surface area contributed by atoms with Crippen LogP contribution in [0.15, 0.2) is 42.0 Å². The minimum absolute atomic E-state index is 0.0664. The monoisotopic (exact) mass is 630 g/mol. The molecule has 1 heterocycles. The molecule has 7 unspecified atom stereocenters. The second-order valence-electron chi connectivity index (χ2n) is 12.6. The molecule has 7 atom stereocenters. The second-order valence-corrected chi connectivity index (χ2v) is 14.0. The second kappa shape index (κ2) is 13.8. The maximum absolute atomic E-state index is 15.6. The summed E-state index contributed by atoms with van der Waals surface area (Å²) < 4.78 is 28.0. The summed E-state index contributed by atoms with van der Waals surface area (Å²) in [4.78, 5) is 14.2. The van der Waals surface area contributed by atoms with Gasteiger partial charge in [0, 0.05) is 36.4 Å². The Morgan fingerprint density at radius 2 is 2.05 bits per heavy atom. The van der Waals surface area contributed by atoms with Crippen molar-refractivity contribution >= 4 is 35.2 Å². The Morgan fingerprint density at radius 1 is 1.28 bits per heavy atom. The van der Waals surface area contributed by atoms with E-state index in [1.807, 2.05) is 6.07 Å². The van der Waals surface area contributed by atoms with Crippen molar-refractivity contribution in [3.63, 3.8) is 0 Å². The van der Waals surface area contributed by atoms with Crippen molar-refractivity contribution in [2.24, 2.45) is 28.8 Å². The topological polar surface area (TPSA) is 85.0 Å². The van der Waals surface area contributed by atoms with Crippen LogP contribution >= 0.6 is 23.5 Å². The van der Waals surface area contributed by atoms with Gasteiger partial charge < -0.3 is 19.5 Å². The molecule has 1 fully saturated rings. The predicted octanol–water partition coefficient (Wildman–Crippen LogP) is 7.73. The normalized spacial score (nSPS) is 25.3. The molecule has 0 aromatic heterocycles. The SMILES string of the molecule is CCCc1cc(Cl)cc(F)c1C1COc2ccc(C(=O)O)cc2N(CC2CCC2C(OC)C2=CC(C(C)C(C)SN)C2)C1. The minimum atomic E-state index is -0.985. The van der Waals surface area contributed by atoms with Gasteiger partial charge in [-0.05, 0) is 96.4 Å². The zero-order valence-electron chi connectivity index (χ0n) is 25.5. The summed E-state index contributed by atoms with van der Waals surface area (Å²) in [6.07, 6.45) is 7.23. The average Bonchev–Trinajstić information content (AvgIpc) is 3.12. The molecule has 2 aromatic rings. The number of ether oxygens (including phenoxy) is 2. The molecule has 1 aliphatic heterocycles. The summed E-state index contributed by atoms with van der Waals surface area (Å²) in [5.41, 5.74) is 3.88. The van der Waals surface area contributed by atoms with E-state index in [-0.39, 0.29) is 23.4 Å². The maximum Gasteiger partial charge on any atom is 0.335 e. The summed E-state index contributed by atoms with van der Waals surface area (Å²) in [5, 5.41) is 16.4. The summed E-state index contributed by atoms with van der Waals surface area (Å²) in [7, 11) is 1.80. The molecular weight excluding hydrogens is 587 g/mol. The van der Waals surface area contributed by atoms with E-state index < -0.39 is 5.97 Å². The van der Waals surface area contributed by atoms with Crippen molar-refractivity contribution in [3.05, 3.63) is 69.5 Å². The number of halogens is 2. The highest BCUT2D eigenvalue weighted by molar-refractivity contribution is 7.97. The third-order valence-electron chi connectivity index (χ3n) is 10.0. The highest BCUT2D eigenvalue weighted by Gasteiger charge is 2.43. The number of rotatable bonds is 12. The van der Waals surface area contributed by atoms with E-state index >= 15 is 4.39 Å². The van der Waals surface area contributed by atoms with E-state index in [0.29, 0.717) is 65.0 Å². The molecule has 5 rings (SSSR count). The van der Waals surface area contributed by atoms with Gasteiger partial charge in [0.25, 0.3) is 0 Å². The lowest BCUT2D eigenvalue weighted by Gasteiger charge is -2.47. The number of allylic oxidation sites excluding steroid dienone is 1. The zero-order chi connectivity index (χ0) is 30.8. The number of aromatic carboxylic acids is 1. The quantitative estimate of drug-likeness (QED) is 0.183. The van der Waals surface area contributed by atoms with Crippen LogP contribution in [0, 0.1) is 29.5 Å². The first-order valence-corrected chi connectivity index (χ1v) is 16.8. The van der Waals surface area contributed by atoms with E-state index in [4.69, 9.17) is 26.2 Å². The van der Waals surface area contributed by atoms with Crippen LogP contribution in [0.4, 0.5) is 10.1 Å². The number of anilines is 1.